The molecule has 2 aromatic heterocycles. The van der Waals surface area contributed by atoms with Crippen LogP contribution in [0.5, 0.6) is 0 Å². The number of carbonyl (C=O) groups is 1. The second kappa shape index (κ2) is 7.01. The van der Waals surface area contributed by atoms with Crippen molar-refractivity contribution in [2.75, 3.05) is 5.32 Å². The quantitative estimate of drug-likeness (QED) is 0.690. The van der Waals surface area contributed by atoms with E-state index in [0.717, 1.165) is 11.1 Å². The van der Waals surface area contributed by atoms with Gasteiger partial charge in [0.25, 0.3) is 0 Å². The highest BCUT2D eigenvalue weighted by atomic mass is 35.5. The molecule has 4 nitrogen and oxygen atoms in total. The lowest BCUT2D eigenvalue weighted by molar-refractivity contribution is -0.105. The summed E-state index contributed by atoms with van der Waals surface area (Å²) in [4.78, 5) is 14.7. The topological polar surface area (TPSA) is 46.4 Å². The van der Waals surface area contributed by atoms with Gasteiger partial charge in [0.15, 0.2) is 5.82 Å². The van der Waals surface area contributed by atoms with E-state index in [1.54, 1.807) is 29.7 Å². The van der Waals surface area contributed by atoms with E-state index < -0.39 is 5.82 Å². The number of amides is 1. The van der Waals surface area contributed by atoms with Crippen molar-refractivity contribution < 1.29 is 9.18 Å². The van der Waals surface area contributed by atoms with Crippen molar-refractivity contribution in [3.8, 4) is 11.1 Å². The number of aromatic nitrogens is 2. The number of hydrogen-bond acceptors (Lipinski definition) is 2. The molecule has 0 aliphatic heterocycles. The summed E-state index contributed by atoms with van der Waals surface area (Å²) in [5.74, 6) is 0.0457. The van der Waals surface area contributed by atoms with Crippen molar-refractivity contribution in [3.05, 3.63) is 53.1 Å². The van der Waals surface area contributed by atoms with Crippen LogP contribution in [0.3, 0.4) is 0 Å². The van der Waals surface area contributed by atoms with Crippen LogP contribution in [0, 0.1) is 12.7 Å². The Morgan fingerprint density at radius 3 is 2.62 bits per heavy atom. The first-order valence-corrected chi connectivity index (χ1v) is 8.12. The van der Waals surface area contributed by atoms with Crippen molar-refractivity contribution in [2.24, 2.45) is 0 Å². The van der Waals surface area contributed by atoms with E-state index in [-0.39, 0.29) is 5.02 Å². The highest BCUT2D eigenvalue weighted by Crippen LogP contribution is 2.29. The molecule has 24 heavy (non-hydrogen) atoms. The molecule has 1 aromatic carbocycles. The minimum atomic E-state index is -0.414. The van der Waals surface area contributed by atoms with Gasteiger partial charge in [0.1, 0.15) is 11.5 Å². The summed E-state index contributed by atoms with van der Waals surface area (Å²) in [5, 5.41) is 2.60. The lowest BCUT2D eigenvalue weighted by atomic mass is 10.0. The fourth-order valence-corrected chi connectivity index (χ4v) is 2.45. The van der Waals surface area contributed by atoms with Gasteiger partial charge in [0, 0.05) is 6.20 Å². The molecule has 3 aromatic rings. The zero-order chi connectivity index (χ0) is 17.1. The van der Waals surface area contributed by atoms with Gasteiger partial charge in [-0.2, -0.15) is 0 Å². The van der Waals surface area contributed by atoms with Crippen LogP contribution in [-0.2, 0) is 4.79 Å². The molecule has 1 aliphatic carbocycles. The molecule has 6 heteroatoms. The van der Waals surface area contributed by atoms with E-state index in [4.69, 9.17) is 11.6 Å². The number of imidazole rings is 1. The first kappa shape index (κ1) is 16.5. The lowest BCUT2D eigenvalue weighted by Gasteiger charge is -2.08. The summed E-state index contributed by atoms with van der Waals surface area (Å²) in [6, 6.07) is 6.97. The average Bonchev–Trinajstić information content (AvgIpc) is 3.40. The minimum Gasteiger partial charge on any atom is -0.312 e. The Bertz CT molecular complexity index is 887. The number of halogens is 2. The van der Waals surface area contributed by atoms with Gasteiger partial charge in [-0.25, -0.2) is 9.37 Å². The van der Waals surface area contributed by atoms with Crippen molar-refractivity contribution in [1.82, 2.24) is 9.38 Å². The van der Waals surface area contributed by atoms with Crippen molar-refractivity contribution in [3.63, 3.8) is 0 Å². The normalized spacial score (nSPS) is 12.5. The number of anilines is 1. The molecule has 1 aliphatic rings. The Hall–Kier alpha value is -2.40. The zero-order valence-corrected chi connectivity index (χ0v) is 14.0. The fourth-order valence-electron chi connectivity index (χ4n) is 2.25. The summed E-state index contributed by atoms with van der Waals surface area (Å²) in [5.41, 5.74) is 2.78. The molecule has 4 rings (SSSR count). The van der Waals surface area contributed by atoms with Gasteiger partial charge in [-0.05, 0) is 41.8 Å². The van der Waals surface area contributed by atoms with Gasteiger partial charge in [-0.1, -0.05) is 36.9 Å². The Morgan fingerprint density at radius 2 is 1.96 bits per heavy atom. The van der Waals surface area contributed by atoms with Gasteiger partial charge < -0.3 is 9.72 Å². The molecule has 0 saturated heterocycles. The van der Waals surface area contributed by atoms with E-state index in [9.17, 15) is 9.18 Å². The summed E-state index contributed by atoms with van der Waals surface area (Å²) >= 11 is 5.78. The molecule has 1 fully saturated rings. The zero-order valence-electron chi connectivity index (χ0n) is 13.2. The van der Waals surface area contributed by atoms with E-state index in [1.165, 1.54) is 25.3 Å². The predicted molar refractivity (Wildman–Crippen MR) is 93.9 cm³/mol. The fraction of sp³-hybridized carbons (Fsp3) is 0.222. The molecule has 0 atom stereocenters. The monoisotopic (exact) mass is 345 g/mol. The summed E-state index contributed by atoms with van der Waals surface area (Å²) < 4.78 is 15.7. The van der Waals surface area contributed by atoms with E-state index in [2.05, 4.69) is 10.3 Å². The van der Waals surface area contributed by atoms with Gasteiger partial charge in [0.05, 0.1) is 11.2 Å². The number of pyridine rings is 1. The van der Waals surface area contributed by atoms with Crippen LogP contribution in [0.25, 0.3) is 16.8 Å². The molecule has 0 spiro atoms. The molecule has 2 heterocycles. The standard InChI is InChI=1S/C15H11ClFN3O.C3H6/c1-9-11(3-4-12(16)15(9)17)10-2-5-14-19-13(18-8-21)7-20(14)6-10;1-2-3-1/h2-8H,1H3,(H,18,21);1-3H2. The van der Waals surface area contributed by atoms with E-state index in [1.807, 2.05) is 12.3 Å². The molecule has 0 radical (unpaired) electrons. The maximum atomic E-state index is 13.9. The first-order chi connectivity index (χ1) is 11.6. The highest BCUT2D eigenvalue weighted by molar-refractivity contribution is 6.30. The summed E-state index contributed by atoms with van der Waals surface area (Å²) in [6.45, 7) is 1.69. The third-order valence-corrected chi connectivity index (χ3v) is 3.95. The highest BCUT2D eigenvalue weighted by Gasteiger charge is 2.11. The van der Waals surface area contributed by atoms with Crippen molar-refractivity contribution in [2.45, 2.75) is 26.2 Å². The smallest absolute Gasteiger partial charge is 0.212 e. The Labute approximate surface area is 144 Å². The van der Waals surface area contributed by atoms with Crippen LogP contribution < -0.4 is 5.32 Å². The minimum absolute atomic E-state index is 0.109. The van der Waals surface area contributed by atoms with Gasteiger partial charge >= 0.3 is 0 Å². The molecule has 124 valence electrons. The molecule has 0 bridgehead atoms. The number of benzene rings is 1. The van der Waals surface area contributed by atoms with Crippen LogP contribution in [0.4, 0.5) is 10.2 Å². The molecule has 1 amide bonds. The first-order valence-electron chi connectivity index (χ1n) is 7.74. The second-order valence-electron chi connectivity index (χ2n) is 5.67. The van der Waals surface area contributed by atoms with Gasteiger partial charge in [-0.15, -0.1) is 0 Å². The largest absolute Gasteiger partial charge is 0.312 e. The Morgan fingerprint density at radius 1 is 1.21 bits per heavy atom. The number of fused-ring (bicyclic) bond motifs is 1. The maximum Gasteiger partial charge on any atom is 0.212 e. The second-order valence-corrected chi connectivity index (χ2v) is 6.07. The molecular formula is C18H17ClFN3O. The lowest BCUT2D eigenvalue weighted by Crippen LogP contribution is -1.92. The van der Waals surface area contributed by atoms with Crippen LogP contribution in [-0.4, -0.2) is 15.8 Å². The number of nitrogens with one attached hydrogen (secondary N) is 1. The van der Waals surface area contributed by atoms with Gasteiger partial charge in [-0.3, -0.25) is 4.79 Å². The number of carbonyl (C=O) groups excluding carboxylic acids is 1. The number of hydrogen-bond donors (Lipinski definition) is 1. The van der Waals surface area contributed by atoms with Gasteiger partial charge in [0.2, 0.25) is 6.41 Å². The number of nitrogens with zero attached hydrogens (tertiary/aromatic N) is 2. The maximum absolute atomic E-state index is 13.9. The van der Waals surface area contributed by atoms with Crippen LogP contribution in [0.15, 0.2) is 36.7 Å². The van der Waals surface area contributed by atoms with E-state index >= 15 is 0 Å². The molecular weight excluding hydrogens is 329 g/mol. The summed E-state index contributed by atoms with van der Waals surface area (Å²) in [7, 11) is 0. The SMILES string of the molecule is C1CC1.Cc1c(-c2ccc3nc(NC=O)cn3c2)ccc(Cl)c1F. The van der Waals surface area contributed by atoms with Crippen LogP contribution in [0.1, 0.15) is 24.8 Å². The predicted octanol–water partition coefficient (Wildman–Crippen LogP) is 4.84. The van der Waals surface area contributed by atoms with Crippen molar-refractivity contribution >= 4 is 29.5 Å². The van der Waals surface area contributed by atoms with E-state index in [0.29, 0.717) is 23.4 Å². The van der Waals surface area contributed by atoms with Crippen LogP contribution in [0.2, 0.25) is 5.02 Å². The third kappa shape index (κ3) is 3.57. The Kier molecular flexibility index (Phi) is 4.81. The summed E-state index contributed by atoms with van der Waals surface area (Å²) in [6.07, 6.45) is 8.59. The molecule has 1 N–H and O–H groups in total. The number of rotatable bonds is 3. The Balaban J connectivity index is 0.000000508. The van der Waals surface area contributed by atoms with Crippen molar-refractivity contribution in [1.29, 1.82) is 0 Å². The average molecular weight is 346 g/mol. The third-order valence-electron chi connectivity index (χ3n) is 3.66. The molecule has 0 unspecified atom stereocenters. The van der Waals surface area contributed by atoms with Crippen LogP contribution >= 0.6 is 11.6 Å². The molecule has 1 saturated carbocycles.